The highest BCUT2D eigenvalue weighted by atomic mass is 32.2. The van der Waals surface area contributed by atoms with Gasteiger partial charge in [0.05, 0.1) is 28.6 Å². The summed E-state index contributed by atoms with van der Waals surface area (Å²) in [4.78, 5) is 30.1. The van der Waals surface area contributed by atoms with Crippen molar-refractivity contribution in [3.8, 4) is 0 Å². The predicted octanol–water partition coefficient (Wildman–Crippen LogP) is 4.07. The summed E-state index contributed by atoms with van der Waals surface area (Å²) in [5.74, 6) is -1.36. The van der Waals surface area contributed by atoms with Gasteiger partial charge in [-0.2, -0.15) is 0 Å². The molecule has 0 fully saturated rings. The van der Waals surface area contributed by atoms with Crippen molar-refractivity contribution in [1.29, 1.82) is 0 Å². The topological polar surface area (TPSA) is 117 Å². The molecule has 2 aromatic rings. The van der Waals surface area contributed by atoms with Gasteiger partial charge in [-0.1, -0.05) is 16.9 Å². The first-order valence-electron chi connectivity index (χ1n) is 7.44. The normalized spacial score (nSPS) is 9.92. The fraction of sp³-hybridized carbons (Fsp3) is 0.188. The Kier molecular flexibility index (Phi) is 6.95. The Bertz CT molecular complexity index is 853. The molecule has 0 saturated heterocycles. The number of thioether (sulfide) groups is 1. The van der Waals surface area contributed by atoms with Crippen molar-refractivity contribution in [3.63, 3.8) is 0 Å². The summed E-state index contributed by atoms with van der Waals surface area (Å²) in [5.41, 5.74) is 8.74. The first-order valence-corrected chi connectivity index (χ1v) is 8.42. The average molecular weight is 375 g/mol. The number of anilines is 1. The van der Waals surface area contributed by atoms with Crippen molar-refractivity contribution in [2.45, 2.75) is 11.9 Å². The van der Waals surface area contributed by atoms with Crippen LogP contribution in [0.3, 0.4) is 0 Å². The van der Waals surface area contributed by atoms with Crippen LogP contribution in [0.2, 0.25) is 0 Å². The number of nitrogens with zero attached hydrogens (tertiary/aromatic N) is 4. The van der Waals surface area contributed by atoms with Crippen molar-refractivity contribution >= 4 is 35.0 Å². The molecule has 0 spiro atoms. The lowest BCUT2D eigenvalue weighted by Crippen LogP contribution is -2.12. The summed E-state index contributed by atoms with van der Waals surface area (Å²) in [6.45, 7) is 2.04. The van der Waals surface area contributed by atoms with Crippen LogP contribution in [0.25, 0.3) is 10.4 Å². The minimum Gasteiger partial charge on any atom is -0.465 e. The van der Waals surface area contributed by atoms with Gasteiger partial charge in [-0.05, 0) is 42.8 Å². The van der Waals surface area contributed by atoms with Crippen molar-refractivity contribution in [3.05, 3.63) is 58.4 Å². The molecule has 1 N–H and O–H groups in total. The standard InChI is InChI=1S/C16H14FN5O3S/c1-2-25-15(23)9-26-14-6-3-10(8-19-14)16(24)20-11-4-5-12(17)13(7-11)21-22-18/h3-8H,2,9H2,1H3,(H,20,24). The quantitative estimate of drug-likeness (QED) is 0.257. The monoisotopic (exact) mass is 375 g/mol. The molecule has 1 aromatic carbocycles. The number of nitrogens with one attached hydrogen (secondary N) is 1. The van der Waals surface area contributed by atoms with E-state index >= 15 is 0 Å². The van der Waals surface area contributed by atoms with Gasteiger partial charge in [-0.25, -0.2) is 9.37 Å². The molecule has 0 saturated carbocycles. The van der Waals surface area contributed by atoms with E-state index in [2.05, 4.69) is 20.3 Å². The molecule has 1 amide bonds. The highest BCUT2D eigenvalue weighted by Crippen LogP contribution is 2.23. The summed E-state index contributed by atoms with van der Waals surface area (Å²) in [6.07, 6.45) is 1.36. The van der Waals surface area contributed by atoms with Crippen LogP contribution in [0.1, 0.15) is 17.3 Å². The van der Waals surface area contributed by atoms with Crippen LogP contribution in [0.15, 0.2) is 46.7 Å². The number of carbonyl (C=O) groups excluding carboxylic acids is 2. The van der Waals surface area contributed by atoms with Gasteiger partial charge in [0.2, 0.25) is 0 Å². The van der Waals surface area contributed by atoms with E-state index in [-0.39, 0.29) is 28.7 Å². The van der Waals surface area contributed by atoms with Gasteiger partial charge in [0.15, 0.2) is 0 Å². The number of pyridine rings is 1. The predicted molar refractivity (Wildman–Crippen MR) is 94.8 cm³/mol. The molecule has 0 unspecified atom stereocenters. The number of rotatable bonds is 7. The van der Waals surface area contributed by atoms with E-state index < -0.39 is 11.7 Å². The van der Waals surface area contributed by atoms with Crippen LogP contribution in [0, 0.1) is 5.82 Å². The lowest BCUT2D eigenvalue weighted by atomic mass is 10.2. The number of aromatic nitrogens is 1. The second-order valence-electron chi connectivity index (χ2n) is 4.79. The van der Waals surface area contributed by atoms with E-state index in [1.165, 1.54) is 30.1 Å². The molecule has 1 heterocycles. The van der Waals surface area contributed by atoms with Gasteiger partial charge in [0.25, 0.3) is 5.91 Å². The van der Waals surface area contributed by atoms with Crippen molar-refractivity contribution in [1.82, 2.24) is 4.98 Å². The van der Waals surface area contributed by atoms with Gasteiger partial charge in [-0.3, -0.25) is 9.59 Å². The third-order valence-electron chi connectivity index (χ3n) is 3.00. The first-order chi connectivity index (χ1) is 12.5. The second-order valence-corrected chi connectivity index (χ2v) is 5.78. The number of amides is 1. The smallest absolute Gasteiger partial charge is 0.316 e. The molecule has 8 nitrogen and oxygen atoms in total. The maximum atomic E-state index is 13.4. The fourth-order valence-electron chi connectivity index (χ4n) is 1.85. The van der Waals surface area contributed by atoms with E-state index in [1.54, 1.807) is 19.1 Å². The van der Waals surface area contributed by atoms with Crippen molar-refractivity contribution < 1.29 is 18.7 Å². The van der Waals surface area contributed by atoms with Crippen LogP contribution < -0.4 is 5.32 Å². The largest absolute Gasteiger partial charge is 0.465 e. The van der Waals surface area contributed by atoms with Crippen LogP contribution >= 0.6 is 11.8 Å². The van der Waals surface area contributed by atoms with Gasteiger partial charge in [0.1, 0.15) is 5.82 Å². The molecule has 0 aliphatic heterocycles. The lowest BCUT2D eigenvalue weighted by Gasteiger charge is -2.07. The van der Waals surface area contributed by atoms with Crippen molar-refractivity contribution in [2.75, 3.05) is 17.7 Å². The van der Waals surface area contributed by atoms with Crippen LogP contribution in [-0.2, 0) is 9.53 Å². The maximum absolute atomic E-state index is 13.4. The lowest BCUT2D eigenvalue weighted by molar-refractivity contribution is -0.139. The maximum Gasteiger partial charge on any atom is 0.316 e. The van der Waals surface area contributed by atoms with E-state index in [0.29, 0.717) is 11.6 Å². The molecule has 0 bridgehead atoms. The van der Waals surface area contributed by atoms with Crippen LogP contribution in [-0.4, -0.2) is 29.2 Å². The number of esters is 1. The molecule has 0 aliphatic carbocycles. The summed E-state index contributed by atoms with van der Waals surface area (Å²) in [6, 6.07) is 6.82. The van der Waals surface area contributed by atoms with E-state index in [1.807, 2.05) is 0 Å². The SMILES string of the molecule is CCOC(=O)CSc1ccc(C(=O)Nc2ccc(F)c(N=[N+]=[N-])c2)cn1. The van der Waals surface area contributed by atoms with Gasteiger partial charge < -0.3 is 10.1 Å². The molecule has 0 aliphatic rings. The molecular weight excluding hydrogens is 361 g/mol. The molecule has 2 rings (SSSR count). The number of hydrogen-bond acceptors (Lipinski definition) is 6. The highest BCUT2D eigenvalue weighted by molar-refractivity contribution is 7.99. The van der Waals surface area contributed by atoms with Gasteiger partial charge in [0, 0.05) is 16.8 Å². The summed E-state index contributed by atoms with van der Waals surface area (Å²) in [7, 11) is 0. The Morgan fingerprint density at radius 1 is 1.38 bits per heavy atom. The Morgan fingerprint density at radius 2 is 2.19 bits per heavy atom. The third kappa shape index (κ3) is 5.47. The average Bonchev–Trinajstić information content (AvgIpc) is 2.63. The summed E-state index contributed by atoms with van der Waals surface area (Å²) < 4.78 is 18.2. The molecule has 0 atom stereocenters. The zero-order valence-electron chi connectivity index (χ0n) is 13.7. The molecule has 134 valence electrons. The van der Waals surface area contributed by atoms with E-state index in [0.717, 1.165) is 6.07 Å². The Balaban J connectivity index is 2.00. The third-order valence-corrected chi connectivity index (χ3v) is 3.92. The number of hydrogen-bond donors (Lipinski definition) is 1. The zero-order valence-corrected chi connectivity index (χ0v) is 14.5. The summed E-state index contributed by atoms with van der Waals surface area (Å²) in [5, 5.41) is 6.34. The van der Waals surface area contributed by atoms with Crippen molar-refractivity contribution in [2.24, 2.45) is 5.11 Å². The highest BCUT2D eigenvalue weighted by Gasteiger charge is 2.10. The molecular formula is C16H14FN5O3S. The molecule has 1 aromatic heterocycles. The van der Waals surface area contributed by atoms with Crippen LogP contribution in [0.4, 0.5) is 15.8 Å². The Hall–Kier alpha value is -3.10. The first kappa shape index (κ1) is 19.2. The van der Waals surface area contributed by atoms with Gasteiger partial charge >= 0.3 is 5.97 Å². The summed E-state index contributed by atoms with van der Waals surface area (Å²) >= 11 is 1.20. The minimum atomic E-state index is -0.689. The Morgan fingerprint density at radius 3 is 2.85 bits per heavy atom. The van der Waals surface area contributed by atoms with Crippen LogP contribution in [0.5, 0.6) is 0 Å². The van der Waals surface area contributed by atoms with Gasteiger partial charge in [-0.15, -0.1) is 0 Å². The molecule has 0 radical (unpaired) electrons. The minimum absolute atomic E-state index is 0.129. The zero-order chi connectivity index (χ0) is 18.9. The number of benzene rings is 1. The second kappa shape index (κ2) is 9.40. The number of ether oxygens (including phenoxy) is 1. The number of carbonyl (C=O) groups is 2. The number of halogens is 1. The molecule has 26 heavy (non-hydrogen) atoms. The fourth-order valence-corrected chi connectivity index (χ4v) is 2.49. The van der Waals surface area contributed by atoms with E-state index in [4.69, 9.17) is 10.3 Å². The number of azide groups is 1. The van der Waals surface area contributed by atoms with E-state index in [9.17, 15) is 14.0 Å². The Labute approximate surface area is 152 Å². The molecule has 10 heteroatoms.